The average molecular weight is 454 g/mol. The first-order valence-corrected chi connectivity index (χ1v) is 12.2. The number of pyridine rings is 1. The Bertz CT molecular complexity index is 1310. The summed E-state index contributed by atoms with van der Waals surface area (Å²) in [5.74, 6) is 1.28. The summed E-state index contributed by atoms with van der Waals surface area (Å²) >= 11 is 0. The Labute approximate surface area is 200 Å². The molecule has 0 N–H and O–H groups in total. The minimum atomic E-state index is 0.104. The number of aromatic nitrogens is 2. The van der Waals surface area contributed by atoms with Crippen molar-refractivity contribution in [1.29, 1.82) is 0 Å². The topological polar surface area (TPSA) is 59.2 Å². The summed E-state index contributed by atoms with van der Waals surface area (Å²) in [6.45, 7) is 7.14. The predicted molar refractivity (Wildman–Crippen MR) is 135 cm³/mol. The first kappa shape index (κ1) is 22.3. The van der Waals surface area contributed by atoms with Crippen molar-refractivity contribution in [2.45, 2.75) is 52.5 Å². The number of carbonyl (C=O) groups excluding carboxylic acids is 1. The molecular weight excluding hydrogens is 422 g/mol. The SMILES string of the molecule is Cc1ccc(-c2cccnc2)c(C(=O)N2CCC[C@@H](C)[C@H]2CCc2nc3cc(C)ccc3o2)c1. The highest BCUT2D eigenvalue weighted by atomic mass is 16.3. The standard InChI is InChI=1S/C29H31N3O2/c1-19-8-10-23(22-7-4-14-30-18-22)24(16-19)29(33)32-15-5-6-21(3)26(32)11-13-28-31-25-17-20(2)9-12-27(25)34-28/h4,7-10,12,14,16-18,21,26H,5-6,11,13,15H2,1-3H3/t21-,26-/m1/s1. The van der Waals surface area contributed by atoms with Crippen molar-refractivity contribution in [3.05, 3.63) is 83.5 Å². The van der Waals surface area contributed by atoms with Crippen LogP contribution in [-0.4, -0.2) is 33.4 Å². The van der Waals surface area contributed by atoms with Gasteiger partial charge in [0.15, 0.2) is 11.5 Å². The lowest BCUT2D eigenvalue weighted by atomic mass is 9.86. The van der Waals surface area contributed by atoms with E-state index in [2.05, 4.69) is 35.9 Å². The molecule has 0 unspecified atom stereocenters. The van der Waals surface area contributed by atoms with Crippen molar-refractivity contribution in [2.24, 2.45) is 5.92 Å². The third kappa shape index (κ3) is 4.47. The number of nitrogens with zero attached hydrogens (tertiary/aromatic N) is 3. The third-order valence-electron chi connectivity index (χ3n) is 7.00. The van der Waals surface area contributed by atoms with E-state index in [4.69, 9.17) is 9.40 Å². The van der Waals surface area contributed by atoms with Crippen LogP contribution in [0.3, 0.4) is 0 Å². The molecule has 2 aromatic heterocycles. The first-order valence-electron chi connectivity index (χ1n) is 12.2. The molecule has 1 fully saturated rings. The molecule has 1 saturated heterocycles. The van der Waals surface area contributed by atoms with Crippen LogP contribution in [0.2, 0.25) is 0 Å². The van der Waals surface area contributed by atoms with E-state index in [1.54, 1.807) is 6.20 Å². The van der Waals surface area contributed by atoms with Gasteiger partial charge in [-0.2, -0.15) is 0 Å². The molecule has 4 aromatic rings. The lowest BCUT2D eigenvalue weighted by molar-refractivity contribution is 0.0497. The van der Waals surface area contributed by atoms with Gasteiger partial charge in [-0.25, -0.2) is 4.98 Å². The number of oxazole rings is 1. The van der Waals surface area contributed by atoms with Gasteiger partial charge in [0.2, 0.25) is 0 Å². The van der Waals surface area contributed by atoms with Gasteiger partial charge in [-0.15, -0.1) is 0 Å². The fourth-order valence-corrected chi connectivity index (χ4v) is 5.17. The number of amides is 1. The predicted octanol–water partition coefficient (Wildman–Crippen LogP) is 6.38. The first-order chi connectivity index (χ1) is 16.5. The van der Waals surface area contributed by atoms with Crippen LogP contribution < -0.4 is 0 Å². The summed E-state index contributed by atoms with van der Waals surface area (Å²) < 4.78 is 6.00. The smallest absolute Gasteiger partial charge is 0.254 e. The van der Waals surface area contributed by atoms with Gasteiger partial charge in [0, 0.05) is 42.5 Å². The number of piperidine rings is 1. The largest absolute Gasteiger partial charge is 0.441 e. The Morgan fingerprint density at radius 2 is 1.94 bits per heavy atom. The molecule has 3 heterocycles. The fourth-order valence-electron chi connectivity index (χ4n) is 5.17. The number of benzene rings is 2. The van der Waals surface area contributed by atoms with Crippen molar-refractivity contribution < 1.29 is 9.21 Å². The van der Waals surface area contributed by atoms with Crippen LogP contribution in [0.25, 0.3) is 22.2 Å². The Morgan fingerprint density at radius 1 is 1.12 bits per heavy atom. The molecule has 5 rings (SSSR count). The zero-order chi connectivity index (χ0) is 23.7. The molecular formula is C29H31N3O2. The zero-order valence-electron chi connectivity index (χ0n) is 20.1. The van der Waals surface area contributed by atoms with E-state index in [0.717, 1.165) is 71.5 Å². The summed E-state index contributed by atoms with van der Waals surface area (Å²) in [5, 5.41) is 0. The Morgan fingerprint density at radius 3 is 2.76 bits per heavy atom. The van der Waals surface area contributed by atoms with Crippen LogP contribution >= 0.6 is 0 Å². The maximum Gasteiger partial charge on any atom is 0.254 e. The zero-order valence-corrected chi connectivity index (χ0v) is 20.1. The van der Waals surface area contributed by atoms with E-state index < -0.39 is 0 Å². The van der Waals surface area contributed by atoms with Crippen LogP contribution in [0.1, 0.15) is 53.6 Å². The molecule has 1 aliphatic heterocycles. The highest BCUT2D eigenvalue weighted by Gasteiger charge is 2.33. The molecule has 34 heavy (non-hydrogen) atoms. The Kier molecular flexibility index (Phi) is 6.18. The van der Waals surface area contributed by atoms with Gasteiger partial charge in [-0.05, 0) is 74.4 Å². The molecule has 2 aromatic carbocycles. The second-order valence-corrected chi connectivity index (χ2v) is 9.59. The number of fused-ring (bicyclic) bond motifs is 1. The van der Waals surface area contributed by atoms with E-state index in [1.165, 1.54) is 5.56 Å². The number of carbonyl (C=O) groups is 1. The van der Waals surface area contributed by atoms with Crippen LogP contribution in [0.5, 0.6) is 0 Å². The molecule has 0 bridgehead atoms. The number of rotatable bonds is 5. The molecule has 5 heteroatoms. The quantitative estimate of drug-likeness (QED) is 0.352. The summed E-state index contributed by atoms with van der Waals surface area (Å²) in [6.07, 6.45) is 7.30. The van der Waals surface area contributed by atoms with Crippen molar-refractivity contribution >= 4 is 17.0 Å². The lowest BCUT2D eigenvalue weighted by Gasteiger charge is -2.40. The van der Waals surface area contributed by atoms with Crippen LogP contribution in [0.4, 0.5) is 0 Å². The maximum atomic E-state index is 14.0. The molecule has 1 aliphatic rings. The van der Waals surface area contributed by atoms with Gasteiger partial charge in [0.25, 0.3) is 5.91 Å². The number of aryl methyl sites for hydroxylation is 3. The highest BCUT2D eigenvalue weighted by molar-refractivity contribution is 6.01. The Balaban J connectivity index is 1.41. The number of likely N-dealkylation sites (tertiary alicyclic amines) is 1. The van der Waals surface area contributed by atoms with Gasteiger partial charge in [0.05, 0.1) is 0 Å². The van der Waals surface area contributed by atoms with E-state index in [9.17, 15) is 4.79 Å². The Hall–Kier alpha value is -3.47. The highest BCUT2D eigenvalue weighted by Crippen LogP contribution is 2.32. The lowest BCUT2D eigenvalue weighted by Crippen LogP contribution is -2.48. The van der Waals surface area contributed by atoms with Gasteiger partial charge in [-0.3, -0.25) is 9.78 Å². The van der Waals surface area contributed by atoms with E-state index in [1.807, 2.05) is 49.5 Å². The van der Waals surface area contributed by atoms with E-state index >= 15 is 0 Å². The van der Waals surface area contributed by atoms with Crippen LogP contribution in [-0.2, 0) is 6.42 Å². The summed E-state index contributed by atoms with van der Waals surface area (Å²) in [7, 11) is 0. The molecule has 0 radical (unpaired) electrons. The minimum Gasteiger partial charge on any atom is -0.441 e. The van der Waals surface area contributed by atoms with Crippen molar-refractivity contribution in [3.8, 4) is 11.1 Å². The van der Waals surface area contributed by atoms with Gasteiger partial charge >= 0.3 is 0 Å². The summed E-state index contributed by atoms with van der Waals surface area (Å²) in [5.41, 5.74) is 6.65. The molecule has 0 aliphatic carbocycles. The maximum absolute atomic E-state index is 14.0. The van der Waals surface area contributed by atoms with E-state index in [-0.39, 0.29) is 11.9 Å². The molecule has 0 saturated carbocycles. The van der Waals surface area contributed by atoms with Crippen molar-refractivity contribution in [1.82, 2.24) is 14.9 Å². The number of hydrogen-bond acceptors (Lipinski definition) is 4. The summed E-state index contributed by atoms with van der Waals surface area (Å²) in [4.78, 5) is 25.0. The monoisotopic (exact) mass is 453 g/mol. The van der Waals surface area contributed by atoms with Crippen molar-refractivity contribution in [3.63, 3.8) is 0 Å². The molecule has 1 amide bonds. The molecule has 174 valence electrons. The third-order valence-corrected chi connectivity index (χ3v) is 7.00. The summed E-state index contributed by atoms with van der Waals surface area (Å²) in [6, 6.07) is 16.3. The normalized spacial score (nSPS) is 18.4. The number of hydrogen-bond donors (Lipinski definition) is 0. The van der Waals surface area contributed by atoms with Gasteiger partial charge in [0.1, 0.15) is 5.52 Å². The molecule has 5 nitrogen and oxygen atoms in total. The minimum absolute atomic E-state index is 0.104. The van der Waals surface area contributed by atoms with Crippen LogP contribution in [0.15, 0.2) is 65.3 Å². The fraction of sp³-hybridized carbons (Fsp3) is 0.345. The molecule has 0 spiro atoms. The average Bonchev–Trinajstić information content (AvgIpc) is 3.25. The van der Waals surface area contributed by atoms with Crippen LogP contribution in [0, 0.1) is 19.8 Å². The van der Waals surface area contributed by atoms with E-state index in [0.29, 0.717) is 5.92 Å². The second kappa shape index (κ2) is 9.41. The van der Waals surface area contributed by atoms with Gasteiger partial charge in [-0.1, -0.05) is 36.8 Å². The second-order valence-electron chi connectivity index (χ2n) is 9.59. The van der Waals surface area contributed by atoms with Gasteiger partial charge < -0.3 is 9.32 Å². The van der Waals surface area contributed by atoms with Crippen molar-refractivity contribution in [2.75, 3.05) is 6.54 Å². The molecule has 2 atom stereocenters.